The van der Waals surface area contributed by atoms with Gasteiger partial charge in [0, 0.05) is 43.7 Å². The summed E-state index contributed by atoms with van der Waals surface area (Å²) in [5, 5.41) is 17.1. The summed E-state index contributed by atoms with van der Waals surface area (Å²) in [7, 11) is 1.94. The number of pyridine rings is 1. The van der Waals surface area contributed by atoms with Crippen molar-refractivity contribution in [2.24, 2.45) is 7.05 Å². The molecule has 3 aromatic rings. The summed E-state index contributed by atoms with van der Waals surface area (Å²) in [6.45, 7) is 5.53. The molecule has 0 bridgehead atoms. The van der Waals surface area contributed by atoms with Crippen LogP contribution >= 0.6 is 0 Å². The Hall–Kier alpha value is -3.26. The largest absolute Gasteiger partial charge is 0.490 e. The second kappa shape index (κ2) is 9.26. The van der Waals surface area contributed by atoms with Gasteiger partial charge in [-0.1, -0.05) is 6.07 Å². The van der Waals surface area contributed by atoms with Crippen molar-refractivity contribution in [2.45, 2.75) is 26.7 Å². The van der Waals surface area contributed by atoms with Crippen LogP contribution in [0.2, 0.25) is 0 Å². The lowest BCUT2D eigenvalue weighted by Gasteiger charge is -2.14. The second-order valence-corrected chi connectivity index (χ2v) is 7.21. The maximum absolute atomic E-state index is 9.07. The highest BCUT2D eigenvalue weighted by molar-refractivity contribution is 5.81. The van der Waals surface area contributed by atoms with Crippen LogP contribution in [0.3, 0.4) is 0 Å². The molecule has 2 aromatic heterocycles. The van der Waals surface area contributed by atoms with Gasteiger partial charge in [0.15, 0.2) is 17.3 Å². The fraction of sp³-hybridized carbons (Fsp3) is 0.391. The molecule has 1 aliphatic carbocycles. The van der Waals surface area contributed by atoms with Crippen LogP contribution in [0.25, 0.3) is 11.3 Å². The molecule has 1 aliphatic rings. The molecule has 0 aliphatic heterocycles. The maximum atomic E-state index is 9.07. The first-order valence-electron chi connectivity index (χ1n) is 10.6. The average molecular weight is 425 g/mol. The third kappa shape index (κ3) is 4.29. The number of aliphatic hydroxyl groups excluding tert-OH is 1. The Morgan fingerprint density at radius 3 is 2.68 bits per heavy atom. The van der Waals surface area contributed by atoms with Gasteiger partial charge >= 0.3 is 0 Å². The van der Waals surface area contributed by atoms with Crippen LogP contribution in [0, 0.1) is 0 Å². The van der Waals surface area contributed by atoms with Gasteiger partial charge in [0.25, 0.3) is 0 Å². The summed E-state index contributed by atoms with van der Waals surface area (Å²) in [6.07, 6.45) is 1.31. The molecule has 0 saturated heterocycles. The molecule has 8 heteroatoms. The average Bonchev–Trinajstić information content (AvgIpc) is 3.26. The third-order valence-electron chi connectivity index (χ3n) is 5.06. The van der Waals surface area contributed by atoms with Crippen molar-refractivity contribution < 1.29 is 19.3 Å². The van der Waals surface area contributed by atoms with E-state index < -0.39 is 0 Å². The minimum atomic E-state index is 0.0916. The van der Waals surface area contributed by atoms with Gasteiger partial charge in [-0.3, -0.25) is 4.68 Å². The number of nitrogens with zero attached hydrogens (tertiary/aromatic N) is 3. The fourth-order valence-corrected chi connectivity index (χ4v) is 3.79. The van der Waals surface area contributed by atoms with Crippen LogP contribution < -0.4 is 19.5 Å². The van der Waals surface area contributed by atoms with Gasteiger partial charge in [-0.05, 0) is 37.6 Å². The predicted molar refractivity (Wildman–Crippen MR) is 119 cm³/mol. The normalized spacial score (nSPS) is 11.7. The highest BCUT2D eigenvalue weighted by atomic mass is 16.5. The van der Waals surface area contributed by atoms with Gasteiger partial charge < -0.3 is 24.6 Å². The predicted octanol–water partition coefficient (Wildman–Crippen LogP) is 3.69. The lowest BCUT2D eigenvalue weighted by molar-refractivity contribution is 0.225. The standard InChI is InChI=1S/C23H28N4O4/c1-4-29-18-13-15-12-17-22(16(15)14-19(18)31-11-7-10-28)27(3)26-23(17)25-20-8-6-9-21(24-20)30-5-2/h6,8-9,13-14,28H,4-5,7,10-12H2,1-3H3,(H,24,25,26). The molecule has 0 fully saturated rings. The topological polar surface area (TPSA) is 90.7 Å². The zero-order chi connectivity index (χ0) is 21.8. The molecule has 1 aromatic carbocycles. The van der Waals surface area contributed by atoms with E-state index in [2.05, 4.69) is 15.4 Å². The van der Waals surface area contributed by atoms with Crippen molar-refractivity contribution in [1.29, 1.82) is 0 Å². The summed E-state index contributed by atoms with van der Waals surface area (Å²) >= 11 is 0. The Bertz CT molecular complexity index is 1060. The Labute approximate surface area is 181 Å². The van der Waals surface area contributed by atoms with Crippen LogP contribution in [-0.2, 0) is 13.5 Å². The van der Waals surface area contributed by atoms with E-state index in [9.17, 15) is 0 Å². The van der Waals surface area contributed by atoms with Crippen LogP contribution in [0.15, 0.2) is 30.3 Å². The Morgan fingerprint density at radius 1 is 1.10 bits per heavy atom. The molecule has 2 heterocycles. The second-order valence-electron chi connectivity index (χ2n) is 7.21. The molecule has 0 saturated carbocycles. The van der Waals surface area contributed by atoms with Crippen molar-refractivity contribution >= 4 is 11.6 Å². The van der Waals surface area contributed by atoms with Crippen molar-refractivity contribution in [3.63, 3.8) is 0 Å². The van der Waals surface area contributed by atoms with Gasteiger partial charge in [0.05, 0.1) is 25.5 Å². The van der Waals surface area contributed by atoms with Crippen LogP contribution in [0.5, 0.6) is 17.4 Å². The molecule has 2 N–H and O–H groups in total. The quantitative estimate of drug-likeness (QED) is 0.375. The molecule has 0 radical (unpaired) electrons. The number of ether oxygens (including phenoxy) is 3. The Kier molecular flexibility index (Phi) is 6.27. The van der Waals surface area contributed by atoms with Crippen molar-refractivity contribution in [3.05, 3.63) is 41.5 Å². The van der Waals surface area contributed by atoms with Crippen molar-refractivity contribution in [3.8, 4) is 28.6 Å². The van der Waals surface area contributed by atoms with Gasteiger partial charge in [-0.2, -0.15) is 10.1 Å². The monoisotopic (exact) mass is 424 g/mol. The molecule has 4 rings (SSSR count). The molecular weight excluding hydrogens is 396 g/mol. The first kappa shape index (κ1) is 21.0. The number of hydrogen-bond acceptors (Lipinski definition) is 7. The fourth-order valence-electron chi connectivity index (χ4n) is 3.79. The maximum Gasteiger partial charge on any atom is 0.215 e. The van der Waals surface area contributed by atoms with E-state index in [1.165, 1.54) is 5.56 Å². The number of fused-ring (bicyclic) bond motifs is 3. The zero-order valence-electron chi connectivity index (χ0n) is 18.1. The summed E-state index contributed by atoms with van der Waals surface area (Å²) in [6, 6.07) is 9.70. The van der Waals surface area contributed by atoms with Crippen molar-refractivity contribution in [1.82, 2.24) is 14.8 Å². The number of aryl methyl sites for hydroxylation is 1. The molecule has 0 spiro atoms. The van der Waals surface area contributed by atoms with E-state index in [0.29, 0.717) is 43.7 Å². The van der Waals surface area contributed by atoms with Gasteiger partial charge in [-0.25, -0.2) is 0 Å². The summed E-state index contributed by atoms with van der Waals surface area (Å²) in [5.41, 5.74) is 4.40. The number of anilines is 2. The number of nitrogens with one attached hydrogen (secondary N) is 1. The van der Waals surface area contributed by atoms with E-state index in [0.717, 1.165) is 34.8 Å². The third-order valence-corrected chi connectivity index (χ3v) is 5.06. The SMILES string of the molecule is CCOc1cccc(Nc2nn(C)c3c2Cc2cc(OCC)c(OCCCO)cc2-3)n1. The zero-order valence-corrected chi connectivity index (χ0v) is 18.1. The van der Waals surface area contributed by atoms with Crippen LogP contribution in [0.4, 0.5) is 11.6 Å². The number of aliphatic hydroxyl groups is 1. The summed E-state index contributed by atoms with van der Waals surface area (Å²) < 4.78 is 19.1. The number of rotatable bonds is 10. The number of benzene rings is 1. The summed E-state index contributed by atoms with van der Waals surface area (Å²) in [5.74, 6) is 3.44. The van der Waals surface area contributed by atoms with E-state index in [-0.39, 0.29) is 6.61 Å². The van der Waals surface area contributed by atoms with E-state index >= 15 is 0 Å². The van der Waals surface area contributed by atoms with Gasteiger partial charge in [0.2, 0.25) is 5.88 Å². The molecule has 0 atom stereocenters. The van der Waals surface area contributed by atoms with E-state index in [1.807, 2.05) is 55.9 Å². The van der Waals surface area contributed by atoms with Gasteiger partial charge in [-0.15, -0.1) is 0 Å². The number of aromatic nitrogens is 3. The van der Waals surface area contributed by atoms with Crippen LogP contribution in [0.1, 0.15) is 31.4 Å². The van der Waals surface area contributed by atoms with Gasteiger partial charge in [0.1, 0.15) is 5.82 Å². The molecule has 0 amide bonds. The van der Waals surface area contributed by atoms with E-state index in [1.54, 1.807) is 0 Å². The molecular formula is C23H28N4O4. The smallest absolute Gasteiger partial charge is 0.215 e. The molecule has 164 valence electrons. The highest BCUT2D eigenvalue weighted by Crippen LogP contribution is 2.45. The van der Waals surface area contributed by atoms with E-state index in [4.69, 9.17) is 19.3 Å². The summed E-state index contributed by atoms with van der Waals surface area (Å²) in [4.78, 5) is 4.49. The Balaban J connectivity index is 1.65. The highest BCUT2D eigenvalue weighted by Gasteiger charge is 2.29. The Morgan fingerprint density at radius 2 is 1.90 bits per heavy atom. The first-order valence-corrected chi connectivity index (χ1v) is 10.6. The lowest BCUT2D eigenvalue weighted by Crippen LogP contribution is -2.04. The van der Waals surface area contributed by atoms with Crippen LogP contribution in [-0.4, -0.2) is 46.3 Å². The number of hydrogen-bond donors (Lipinski definition) is 2. The van der Waals surface area contributed by atoms with Crippen molar-refractivity contribution in [2.75, 3.05) is 31.7 Å². The molecule has 31 heavy (non-hydrogen) atoms. The lowest BCUT2D eigenvalue weighted by atomic mass is 10.1. The minimum absolute atomic E-state index is 0.0916. The first-order chi connectivity index (χ1) is 15.1. The molecule has 8 nitrogen and oxygen atoms in total. The minimum Gasteiger partial charge on any atom is -0.490 e. The molecule has 0 unspecified atom stereocenters.